The van der Waals surface area contributed by atoms with Crippen LogP contribution in [0.4, 0.5) is 27.5 Å². The third-order valence-corrected chi connectivity index (χ3v) is 4.87. The summed E-state index contributed by atoms with van der Waals surface area (Å²) in [7, 11) is 1.44. The number of aromatic nitrogens is 2. The average molecular weight is 433 g/mol. The Hall–Kier alpha value is -4.07. The van der Waals surface area contributed by atoms with Crippen molar-refractivity contribution < 1.29 is 14.0 Å². The van der Waals surface area contributed by atoms with E-state index < -0.39 is 11.7 Å². The first-order valence-electron chi connectivity index (χ1n) is 9.95. The van der Waals surface area contributed by atoms with Crippen LogP contribution in [-0.2, 0) is 11.2 Å². The van der Waals surface area contributed by atoms with Crippen molar-refractivity contribution in [1.82, 2.24) is 15.3 Å². The summed E-state index contributed by atoms with van der Waals surface area (Å²) in [6.45, 7) is 7.10. The van der Waals surface area contributed by atoms with Crippen LogP contribution in [0, 0.1) is 19.7 Å². The van der Waals surface area contributed by atoms with E-state index in [2.05, 4.69) is 32.5 Å². The van der Waals surface area contributed by atoms with Crippen molar-refractivity contribution >= 4 is 34.8 Å². The minimum Gasteiger partial charge on any atom is -0.355 e. The van der Waals surface area contributed by atoms with Crippen molar-refractivity contribution in [2.45, 2.75) is 20.3 Å². The van der Waals surface area contributed by atoms with Gasteiger partial charge in [0.1, 0.15) is 11.6 Å². The summed E-state index contributed by atoms with van der Waals surface area (Å²) in [5.41, 5.74) is 3.39. The summed E-state index contributed by atoms with van der Waals surface area (Å²) in [6.07, 6.45) is 3.17. The zero-order valence-corrected chi connectivity index (χ0v) is 18.1. The van der Waals surface area contributed by atoms with Crippen molar-refractivity contribution in [3.63, 3.8) is 0 Å². The molecule has 0 atom stereocenters. The molecule has 1 aromatic heterocycles. The molecule has 7 nitrogen and oxygen atoms in total. The molecule has 0 saturated heterocycles. The number of para-hydroxylation sites is 1. The second-order valence-corrected chi connectivity index (χ2v) is 7.21. The summed E-state index contributed by atoms with van der Waals surface area (Å²) in [4.78, 5) is 32.6. The molecule has 3 N–H and O–H groups in total. The van der Waals surface area contributed by atoms with Crippen LogP contribution >= 0.6 is 0 Å². The van der Waals surface area contributed by atoms with E-state index in [9.17, 15) is 14.0 Å². The van der Waals surface area contributed by atoms with Crippen molar-refractivity contribution in [3.05, 3.63) is 83.3 Å². The Morgan fingerprint density at radius 1 is 1.09 bits per heavy atom. The molecule has 1 amide bonds. The lowest BCUT2D eigenvalue weighted by Crippen LogP contribution is -2.19. The summed E-state index contributed by atoms with van der Waals surface area (Å²) >= 11 is 0. The van der Waals surface area contributed by atoms with Crippen molar-refractivity contribution in [1.29, 1.82) is 0 Å². The molecule has 0 spiro atoms. The summed E-state index contributed by atoms with van der Waals surface area (Å²) in [5.74, 6) is -0.393. The van der Waals surface area contributed by atoms with Gasteiger partial charge in [-0.2, -0.15) is 4.98 Å². The minimum atomic E-state index is -0.606. The fourth-order valence-electron chi connectivity index (χ4n) is 3.05. The van der Waals surface area contributed by atoms with Crippen LogP contribution in [0.3, 0.4) is 0 Å². The number of halogens is 1. The molecule has 0 aliphatic carbocycles. The Balaban J connectivity index is 1.91. The van der Waals surface area contributed by atoms with E-state index >= 15 is 0 Å². The maximum Gasteiger partial charge on any atom is 0.254 e. The third kappa shape index (κ3) is 5.15. The normalized spacial score (nSPS) is 10.4. The van der Waals surface area contributed by atoms with Gasteiger partial charge in [-0.25, -0.2) is 9.37 Å². The van der Waals surface area contributed by atoms with Crippen LogP contribution in [0.25, 0.3) is 0 Å². The Morgan fingerprint density at radius 3 is 2.56 bits per heavy atom. The number of amides is 1. The van der Waals surface area contributed by atoms with Gasteiger partial charge < -0.3 is 16.0 Å². The lowest BCUT2D eigenvalue weighted by atomic mass is 10.1. The second-order valence-electron chi connectivity index (χ2n) is 7.21. The van der Waals surface area contributed by atoms with Gasteiger partial charge in [0.2, 0.25) is 5.95 Å². The Kier molecular flexibility index (Phi) is 6.94. The highest BCUT2D eigenvalue weighted by Crippen LogP contribution is 2.26. The predicted molar refractivity (Wildman–Crippen MR) is 123 cm³/mol. The number of rotatable bonds is 8. The van der Waals surface area contributed by atoms with Crippen LogP contribution in [0.1, 0.15) is 27.0 Å². The van der Waals surface area contributed by atoms with Gasteiger partial charge >= 0.3 is 0 Å². The fraction of sp³-hybridized carbons (Fsp3) is 0.167. The maximum atomic E-state index is 14.2. The van der Waals surface area contributed by atoms with E-state index in [1.54, 1.807) is 13.1 Å². The quantitative estimate of drug-likeness (QED) is 0.457. The molecule has 8 heteroatoms. The highest BCUT2D eigenvalue weighted by atomic mass is 19.1. The maximum absolute atomic E-state index is 14.2. The highest BCUT2D eigenvalue weighted by Gasteiger charge is 2.15. The van der Waals surface area contributed by atoms with Crippen molar-refractivity contribution in [3.8, 4) is 0 Å². The smallest absolute Gasteiger partial charge is 0.254 e. The standard InChI is InChI=1S/C24H24FN5O2/c1-5-17(31)11-16-8-6-7-9-20(16)28-22-15(3)13-27-24(30-22)29-21-12-18(23(32)26-4)19(25)10-14(21)2/h5-10,12-13H,1,11H2,2-4H3,(H,26,32)(H2,27,28,29,30). The molecule has 3 aromatic rings. The molecular weight excluding hydrogens is 409 g/mol. The molecule has 0 unspecified atom stereocenters. The lowest BCUT2D eigenvalue weighted by Gasteiger charge is -2.15. The number of carbonyl (C=O) groups is 2. The van der Waals surface area contributed by atoms with E-state index in [0.717, 1.165) is 16.8 Å². The van der Waals surface area contributed by atoms with Crippen molar-refractivity contribution in [2.24, 2.45) is 0 Å². The highest BCUT2D eigenvalue weighted by molar-refractivity contribution is 5.95. The number of hydrogen-bond donors (Lipinski definition) is 3. The van der Waals surface area contributed by atoms with Gasteiger partial charge in [-0.15, -0.1) is 0 Å². The number of carbonyl (C=O) groups excluding carboxylic acids is 2. The Morgan fingerprint density at radius 2 is 1.84 bits per heavy atom. The molecule has 0 fully saturated rings. The molecule has 3 rings (SSSR count). The zero-order chi connectivity index (χ0) is 23.3. The predicted octanol–water partition coefficient (Wildman–Crippen LogP) is 4.38. The molecule has 0 aliphatic heterocycles. The molecule has 0 saturated carbocycles. The first-order valence-corrected chi connectivity index (χ1v) is 9.95. The SMILES string of the molecule is C=CC(=O)Cc1ccccc1Nc1nc(Nc2cc(C(=O)NC)c(F)cc2C)ncc1C. The number of nitrogens with one attached hydrogen (secondary N) is 3. The molecular formula is C24H24FN5O2. The number of allylic oxidation sites excluding steroid dienone is 1. The average Bonchev–Trinajstić information content (AvgIpc) is 2.78. The fourth-order valence-corrected chi connectivity index (χ4v) is 3.05. The Bertz CT molecular complexity index is 1190. The monoisotopic (exact) mass is 433 g/mol. The van der Waals surface area contributed by atoms with Crippen LogP contribution in [0.15, 0.2) is 55.3 Å². The van der Waals surface area contributed by atoms with Gasteiger partial charge in [0.15, 0.2) is 5.78 Å². The first-order chi connectivity index (χ1) is 15.3. The van der Waals surface area contributed by atoms with Gasteiger partial charge in [0.05, 0.1) is 5.56 Å². The molecule has 164 valence electrons. The topological polar surface area (TPSA) is 96.0 Å². The molecule has 0 aliphatic rings. The van der Waals surface area contributed by atoms with E-state index in [0.29, 0.717) is 17.1 Å². The number of anilines is 4. The molecule has 1 heterocycles. The number of hydrogen-bond acceptors (Lipinski definition) is 6. The molecule has 0 radical (unpaired) electrons. The number of ketones is 1. The number of aryl methyl sites for hydroxylation is 2. The largest absolute Gasteiger partial charge is 0.355 e. The second kappa shape index (κ2) is 9.82. The number of nitrogens with zero attached hydrogens (tertiary/aromatic N) is 2. The van der Waals surface area contributed by atoms with Crippen LogP contribution in [-0.4, -0.2) is 28.7 Å². The first kappa shape index (κ1) is 22.6. The molecule has 0 bridgehead atoms. The summed E-state index contributed by atoms with van der Waals surface area (Å²) in [5, 5.41) is 8.73. The van der Waals surface area contributed by atoms with E-state index in [1.807, 2.05) is 31.2 Å². The lowest BCUT2D eigenvalue weighted by molar-refractivity contribution is -0.114. The Labute approximate surface area is 185 Å². The number of benzene rings is 2. The zero-order valence-electron chi connectivity index (χ0n) is 18.1. The van der Waals surface area contributed by atoms with Crippen molar-refractivity contribution in [2.75, 3.05) is 17.7 Å². The van der Waals surface area contributed by atoms with E-state index in [1.165, 1.54) is 25.3 Å². The van der Waals surface area contributed by atoms with Gasteiger partial charge in [-0.1, -0.05) is 24.8 Å². The molecule has 2 aromatic carbocycles. The summed E-state index contributed by atoms with van der Waals surface area (Å²) < 4.78 is 14.2. The van der Waals surface area contributed by atoms with Gasteiger partial charge in [-0.05, 0) is 49.2 Å². The van der Waals surface area contributed by atoms with E-state index in [4.69, 9.17) is 0 Å². The third-order valence-electron chi connectivity index (χ3n) is 4.87. The van der Waals surface area contributed by atoms with Crippen LogP contribution < -0.4 is 16.0 Å². The van der Waals surface area contributed by atoms with E-state index in [-0.39, 0.29) is 23.7 Å². The van der Waals surface area contributed by atoms with Gasteiger partial charge in [0.25, 0.3) is 5.91 Å². The minimum absolute atomic E-state index is 0.0770. The molecule has 32 heavy (non-hydrogen) atoms. The van der Waals surface area contributed by atoms with Gasteiger partial charge in [-0.3, -0.25) is 9.59 Å². The van der Waals surface area contributed by atoms with Gasteiger partial charge in [0, 0.05) is 36.6 Å². The summed E-state index contributed by atoms with van der Waals surface area (Å²) in [6, 6.07) is 10.2. The van der Waals surface area contributed by atoms with Crippen LogP contribution in [0.2, 0.25) is 0 Å². The van der Waals surface area contributed by atoms with Crippen LogP contribution in [0.5, 0.6) is 0 Å².